The summed E-state index contributed by atoms with van der Waals surface area (Å²) in [4.78, 5) is 26.1. The van der Waals surface area contributed by atoms with Crippen LogP contribution in [0.4, 0.5) is 11.4 Å². The number of carbonyl (C=O) groups is 2. The monoisotopic (exact) mass is 602 g/mol. The van der Waals surface area contributed by atoms with Gasteiger partial charge < -0.3 is 10.6 Å². The Morgan fingerprint density at radius 3 is 2.14 bits per heavy atom. The number of halogens is 6. The molecule has 3 aromatic rings. The van der Waals surface area contributed by atoms with Gasteiger partial charge in [-0.3, -0.25) is 9.59 Å². The Morgan fingerprint density at radius 2 is 1.53 bits per heavy atom. The standard InChI is InChI=1S/C26H20Cl6N2O2/c1-12-7-15(33-2)4-3-13(12)10-21(35)17-11-16(5-6-18(17)27)34-25(36)23-22(26(23,31)32)14-8-19(28)24(30)20(29)9-14/h3-9,11,22-23,33H,10H2,1-2H3,(H,34,36). The van der Waals surface area contributed by atoms with Crippen molar-refractivity contribution in [3.05, 3.63) is 90.9 Å². The molecule has 0 saturated heterocycles. The second-order valence-electron chi connectivity index (χ2n) is 8.60. The summed E-state index contributed by atoms with van der Waals surface area (Å²) in [6.07, 6.45) is 0.169. The molecule has 2 atom stereocenters. The normalized spacial score (nSPS) is 18.0. The van der Waals surface area contributed by atoms with E-state index in [0.29, 0.717) is 21.8 Å². The van der Waals surface area contributed by atoms with Crippen LogP contribution in [0.2, 0.25) is 20.1 Å². The van der Waals surface area contributed by atoms with Gasteiger partial charge in [-0.05, 0) is 66.1 Å². The number of aryl methyl sites for hydroxylation is 1. The largest absolute Gasteiger partial charge is 0.388 e. The van der Waals surface area contributed by atoms with Gasteiger partial charge in [0.25, 0.3) is 0 Å². The van der Waals surface area contributed by atoms with Gasteiger partial charge in [-0.15, -0.1) is 23.2 Å². The van der Waals surface area contributed by atoms with Crippen LogP contribution in [0.1, 0.15) is 33.0 Å². The minimum absolute atomic E-state index is 0.169. The van der Waals surface area contributed by atoms with Crippen LogP contribution < -0.4 is 10.6 Å². The summed E-state index contributed by atoms with van der Waals surface area (Å²) < 4.78 is -1.35. The van der Waals surface area contributed by atoms with E-state index in [1.807, 2.05) is 32.2 Å². The maximum atomic E-state index is 13.1. The van der Waals surface area contributed by atoms with Crippen molar-refractivity contribution in [1.82, 2.24) is 0 Å². The average Bonchev–Trinajstić information content (AvgIpc) is 3.41. The van der Waals surface area contributed by atoms with Crippen molar-refractivity contribution in [2.24, 2.45) is 5.92 Å². The van der Waals surface area contributed by atoms with Crippen LogP contribution >= 0.6 is 69.6 Å². The Hall–Kier alpha value is -1.66. The summed E-state index contributed by atoms with van der Waals surface area (Å²) in [6, 6.07) is 13.7. The van der Waals surface area contributed by atoms with Gasteiger partial charge in [-0.2, -0.15) is 0 Å². The van der Waals surface area contributed by atoms with E-state index in [9.17, 15) is 9.59 Å². The number of anilines is 2. The van der Waals surface area contributed by atoms with E-state index in [-0.39, 0.29) is 27.3 Å². The number of hydrogen-bond donors (Lipinski definition) is 2. The van der Waals surface area contributed by atoms with E-state index in [4.69, 9.17) is 69.6 Å². The number of nitrogens with one attached hydrogen (secondary N) is 2. The third-order valence-corrected chi connectivity index (χ3v) is 8.68. The van der Waals surface area contributed by atoms with Gasteiger partial charge in [0, 0.05) is 36.3 Å². The summed E-state index contributed by atoms with van der Waals surface area (Å²) in [5, 5.41) is 6.85. The first-order valence-electron chi connectivity index (χ1n) is 10.9. The highest BCUT2D eigenvalue weighted by atomic mass is 35.5. The molecule has 10 heteroatoms. The highest BCUT2D eigenvalue weighted by Crippen LogP contribution is 2.65. The molecule has 4 rings (SSSR count). The molecule has 0 aromatic heterocycles. The van der Waals surface area contributed by atoms with Gasteiger partial charge in [0.05, 0.1) is 26.0 Å². The number of alkyl halides is 2. The molecule has 4 nitrogen and oxygen atoms in total. The van der Waals surface area contributed by atoms with E-state index in [0.717, 1.165) is 16.8 Å². The lowest BCUT2D eigenvalue weighted by atomic mass is 9.98. The Kier molecular flexibility index (Phi) is 8.07. The molecule has 0 radical (unpaired) electrons. The quantitative estimate of drug-likeness (QED) is 0.161. The first-order chi connectivity index (χ1) is 16.9. The summed E-state index contributed by atoms with van der Waals surface area (Å²) in [5.41, 5.74) is 4.14. The Bertz CT molecular complexity index is 1350. The molecule has 1 saturated carbocycles. The Balaban J connectivity index is 1.51. The predicted octanol–water partition coefficient (Wildman–Crippen LogP) is 8.60. The van der Waals surface area contributed by atoms with Crippen molar-refractivity contribution in [2.45, 2.75) is 23.6 Å². The Morgan fingerprint density at radius 1 is 0.889 bits per heavy atom. The van der Waals surface area contributed by atoms with Crippen LogP contribution in [-0.4, -0.2) is 23.1 Å². The summed E-state index contributed by atoms with van der Waals surface area (Å²) in [6.45, 7) is 1.94. The van der Waals surface area contributed by atoms with Gasteiger partial charge in [0.2, 0.25) is 5.91 Å². The fourth-order valence-electron chi connectivity index (χ4n) is 4.18. The topological polar surface area (TPSA) is 58.2 Å². The number of hydrogen-bond acceptors (Lipinski definition) is 3. The van der Waals surface area contributed by atoms with E-state index in [1.165, 1.54) is 0 Å². The number of rotatable bonds is 7. The number of amides is 1. The van der Waals surface area contributed by atoms with Crippen molar-refractivity contribution in [1.29, 1.82) is 0 Å². The third-order valence-electron chi connectivity index (χ3n) is 6.22. The van der Waals surface area contributed by atoms with E-state index in [2.05, 4.69) is 10.6 Å². The summed E-state index contributed by atoms with van der Waals surface area (Å²) in [5.74, 6) is -1.89. The molecule has 188 valence electrons. The van der Waals surface area contributed by atoms with Crippen LogP contribution in [-0.2, 0) is 11.2 Å². The van der Waals surface area contributed by atoms with Gasteiger partial charge in [0.15, 0.2) is 5.78 Å². The molecular weight excluding hydrogens is 585 g/mol. The maximum Gasteiger partial charge on any atom is 0.231 e. The van der Waals surface area contributed by atoms with E-state index < -0.39 is 22.1 Å². The van der Waals surface area contributed by atoms with Gasteiger partial charge in [0.1, 0.15) is 4.33 Å². The fraction of sp³-hybridized carbons (Fsp3) is 0.231. The number of Topliss-reactive ketones (excluding diaryl/α,β-unsaturated/α-hetero) is 1. The molecule has 1 aliphatic rings. The number of benzene rings is 3. The van der Waals surface area contributed by atoms with Gasteiger partial charge in [-0.1, -0.05) is 52.5 Å². The van der Waals surface area contributed by atoms with Crippen LogP contribution in [0.25, 0.3) is 0 Å². The molecule has 2 N–H and O–H groups in total. The maximum absolute atomic E-state index is 13.1. The molecule has 1 fully saturated rings. The van der Waals surface area contributed by atoms with E-state index >= 15 is 0 Å². The number of ketones is 1. The van der Waals surface area contributed by atoms with Crippen molar-refractivity contribution in [2.75, 3.05) is 17.7 Å². The lowest BCUT2D eigenvalue weighted by Gasteiger charge is -2.11. The SMILES string of the molecule is CNc1ccc(CC(=O)c2cc(NC(=O)C3C(c4cc(Cl)c(Cl)c(Cl)c4)C3(Cl)Cl)ccc2Cl)c(C)c1. The molecule has 1 amide bonds. The molecular formula is C26H20Cl6N2O2. The highest BCUT2D eigenvalue weighted by Gasteiger charge is 2.67. The molecule has 0 bridgehead atoms. The molecule has 0 heterocycles. The van der Waals surface area contributed by atoms with Crippen molar-refractivity contribution < 1.29 is 9.59 Å². The molecule has 1 aliphatic carbocycles. The lowest BCUT2D eigenvalue weighted by molar-refractivity contribution is -0.117. The first-order valence-corrected chi connectivity index (χ1v) is 13.1. The van der Waals surface area contributed by atoms with E-state index in [1.54, 1.807) is 30.3 Å². The zero-order valence-corrected chi connectivity index (χ0v) is 23.6. The minimum atomic E-state index is -1.35. The van der Waals surface area contributed by atoms with Crippen LogP contribution in [0, 0.1) is 12.8 Å². The predicted molar refractivity (Wildman–Crippen MR) is 151 cm³/mol. The summed E-state index contributed by atoms with van der Waals surface area (Å²) in [7, 11) is 1.83. The molecule has 2 unspecified atom stereocenters. The van der Waals surface area contributed by atoms with Crippen molar-refractivity contribution in [3.63, 3.8) is 0 Å². The zero-order valence-electron chi connectivity index (χ0n) is 19.1. The van der Waals surface area contributed by atoms with Gasteiger partial charge >= 0.3 is 0 Å². The smallest absolute Gasteiger partial charge is 0.231 e. The molecule has 36 heavy (non-hydrogen) atoms. The molecule has 3 aromatic carbocycles. The van der Waals surface area contributed by atoms with Crippen LogP contribution in [0.5, 0.6) is 0 Å². The molecule has 0 aliphatic heterocycles. The lowest BCUT2D eigenvalue weighted by Crippen LogP contribution is -2.17. The third kappa shape index (κ3) is 5.45. The second-order valence-corrected chi connectivity index (χ2v) is 11.6. The van der Waals surface area contributed by atoms with Crippen LogP contribution in [0.15, 0.2) is 48.5 Å². The number of carbonyl (C=O) groups excluding carboxylic acids is 2. The minimum Gasteiger partial charge on any atom is -0.388 e. The first kappa shape index (κ1) is 27.4. The zero-order chi connectivity index (χ0) is 26.4. The Labute approximate surface area is 239 Å². The fourth-order valence-corrected chi connectivity index (χ4v) is 5.84. The highest BCUT2D eigenvalue weighted by molar-refractivity contribution is 6.54. The molecule has 0 spiro atoms. The summed E-state index contributed by atoms with van der Waals surface area (Å²) >= 11 is 37.5. The second kappa shape index (κ2) is 10.6. The van der Waals surface area contributed by atoms with Crippen molar-refractivity contribution >= 4 is 92.7 Å². The van der Waals surface area contributed by atoms with Crippen LogP contribution in [0.3, 0.4) is 0 Å². The average molecular weight is 605 g/mol. The van der Waals surface area contributed by atoms with Gasteiger partial charge in [-0.25, -0.2) is 0 Å². The van der Waals surface area contributed by atoms with Crippen molar-refractivity contribution in [3.8, 4) is 0 Å².